The molecule has 0 bridgehead atoms. The molecule has 0 amide bonds. The van der Waals surface area contributed by atoms with E-state index >= 15 is 0 Å². The number of piperidine rings is 1. The second-order valence-corrected chi connectivity index (χ2v) is 5.93. The molecule has 1 atom stereocenters. The highest BCUT2D eigenvalue weighted by molar-refractivity contribution is 5.38. The van der Waals surface area contributed by atoms with Crippen molar-refractivity contribution in [1.29, 1.82) is 0 Å². The maximum atomic E-state index is 10.2. The van der Waals surface area contributed by atoms with Crippen LogP contribution in [0.2, 0.25) is 0 Å². The van der Waals surface area contributed by atoms with E-state index in [9.17, 15) is 5.11 Å². The first-order valence-corrected chi connectivity index (χ1v) is 7.92. The van der Waals surface area contributed by atoms with E-state index in [1.807, 2.05) is 18.2 Å². The first-order valence-electron chi connectivity index (χ1n) is 7.92. The minimum Gasteiger partial charge on any atom is -0.491 e. The Morgan fingerprint density at radius 3 is 2.81 bits per heavy atom. The maximum Gasteiger partial charge on any atom is 0.122 e. The standard InChI is InChI=1S/C18H27NO2/c1-3-7-16-12-15(2)8-9-18(16)21-14-17(20)13-19-10-5-4-6-11-19/h3,8-9,12,17,20H,1,4-7,10-11,13-14H2,2H3/t17-/m0/s1. The summed E-state index contributed by atoms with van der Waals surface area (Å²) in [5.74, 6) is 0.859. The fourth-order valence-corrected chi connectivity index (χ4v) is 2.84. The second kappa shape index (κ2) is 8.20. The fourth-order valence-electron chi connectivity index (χ4n) is 2.84. The van der Waals surface area contributed by atoms with Gasteiger partial charge >= 0.3 is 0 Å². The minimum absolute atomic E-state index is 0.351. The molecular weight excluding hydrogens is 262 g/mol. The van der Waals surface area contributed by atoms with E-state index in [1.54, 1.807) is 0 Å². The summed E-state index contributed by atoms with van der Waals surface area (Å²) in [4.78, 5) is 2.33. The Morgan fingerprint density at radius 1 is 1.33 bits per heavy atom. The summed E-state index contributed by atoms with van der Waals surface area (Å²) in [6.07, 6.45) is 6.05. The zero-order chi connectivity index (χ0) is 15.1. The van der Waals surface area contributed by atoms with E-state index in [0.29, 0.717) is 13.2 Å². The van der Waals surface area contributed by atoms with Gasteiger partial charge in [0.2, 0.25) is 0 Å². The number of aryl methyl sites for hydroxylation is 1. The van der Waals surface area contributed by atoms with Gasteiger partial charge in [0.05, 0.1) is 0 Å². The molecule has 0 radical (unpaired) electrons. The van der Waals surface area contributed by atoms with E-state index in [2.05, 4.69) is 24.5 Å². The van der Waals surface area contributed by atoms with Crippen molar-refractivity contribution in [1.82, 2.24) is 4.90 Å². The van der Waals surface area contributed by atoms with E-state index in [-0.39, 0.29) is 0 Å². The normalized spacial score (nSPS) is 17.4. The van der Waals surface area contributed by atoms with Crippen LogP contribution in [0.25, 0.3) is 0 Å². The molecule has 1 N–H and O–H groups in total. The first-order chi connectivity index (χ1) is 10.2. The summed E-state index contributed by atoms with van der Waals surface area (Å²) in [5, 5.41) is 10.2. The lowest BCUT2D eigenvalue weighted by Gasteiger charge is -2.28. The van der Waals surface area contributed by atoms with Crippen molar-refractivity contribution < 1.29 is 9.84 Å². The molecule has 21 heavy (non-hydrogen) atoms. The molecule has 0 unspecified atom stereocenters. The van der Waals surface area contributed by atoms with Crippen LogP contribution in [0.3, 0.4) is 0 Å². The highest BCUT2D eigenvalue weighted by atomic mass is 16.5. The SMILES string of the molecule is C=CCc1cc(C)ccc1OC[C@@H](O)CN1CCCCC1. The highest BCUT2D eigenvalue weighted by Crippen LogP contribution is 2.21. The lowest BCUT2D eigenvalue weighted by Crippen LogP contribution is -2.38. The van der Waals surface area contributed by atoms with Crippen molar-refractivity contribution in [3.8, 4) is 5.75 Å². The molecule has 0 spiro atoms. The Kier molecular flexibility index (Phi) is 6.27. The van der Waals surface area contributed by atoms with Crippen LogP contribution in [0.15, 0.2) is 30.9 Å². The van der Waals surface area contributed by atoms with Crippen LogP contribution in [0.4, 0.5) is 0 Å². The second-order valence-electron chi connectivity index (χ2n) is 5.93. The van der Waals surface area contributed by atoms with E-state index in [0.717, 1.165) is 30.8 Å². The Hall–Kier alpha value is -1.32. The van der Waals surface area contributed by atoms with Gasteiger partial charge in [0.1, 0.15) is 18.5 Å². The molecule has 1 aromatic carbocycles. The third-order valence-electron chi connectivity index (χ3n) is 3.93. The number of ether oxygens (including phenoxy) is 1. The number of likely N-dealkylation sites (tertiary alicyclic amines) is 1. The van der Waals surface area contributed by atoms with Gasteiger partial charge in [0.25, 0.3) is 0 Å². The summed E-state index contributed by atoms with van der Waals surface area (Å²) in [6, 6.07) is 6.15. The summed E-state index contributed by atoms with van der Waals surface area (Å²) in [7, 11) is 0. The fraction of sp³-hybridized carbons (Fsp3) is 0.556. The molecule has 1 fully saturated rings. The van der Waals surface area contributed by atoms with Crippen molar-refractivity contribution in [3.05, 3.63) is 42.0 Å². The zero-order valence-corrected chi connectivity index (χ0v) is 13.1. The molecule has 0 aliphatic carbocycles. The lowest BCUT2D eigenvalue weighted by molar-refractivity contribution is 0.0614. The molecular formula is C18H27NO2. The molecule has 2 rings (SSSR count). The number of β-amino-alcohol motifs (C(OH)–C–C–N with tert-alkyl or cyclic N) is 1. The molecule has 3 nitrogen and oxygen atoms in total. The lowest BCUT2D eigenvalue weighted by atomic mass is 10.1. The average Bonchev–Trinajstić information content (AvgIpc) is 2.48. The number of benzene rings is 1. The number of rotatable bonds is 7. The van der Waals surface area contributed by atoms with Crippen LogP contribution in [0.5, 0.6) is 5.75 Å². The van der Waals surface area contributed by atoms with Crippen molar-refractivity contribution in [2.75, 3.05) is 26.2 Å². The Bertz CT molecular complexity index is 453. The van der Waals surface area contributed by atoms with Gasteiger partial charge in [0.15, 0.2) is 0 Å². The molecule has 1 heterocycles. The quantitative estimate of drug-likeness (QED) is 0.783. The predicted molar refractivity (Wildman–Crippen MR) is 86.9 cm³/mol. The summed E-state index contributed by atoms with van der Waals surface area (Å²) >= 11 is 0. The van der Waals surface area contributed by atoms with Gasteiger partial charge < -0.3 is 14.7 Å². The molecule has 0 saturated carbocycles. The van der Waals surface area contributed by atoms with Crippen molar-refractivity contribution >= 4 is 0 Å². The number of hydrogen-bond donors (Lipinski definition) is 1. The zero-order valence-electron chi connectivity index (χ0n) is 13.1. The Morgan fingerprint density at radius 2 is 2.10 bits per heavy atom. The van der Waals surface area contributed by atoms with Gasteiger partial charge in [-0.15, -0.1) is 6.58 Å². The van der Waals surface area contributed by atoms with Crippen LogP contribution in [-0.4, -0.2) is 42.4 Å². The van der Waals surface area contributed by atoms with Crippen molar-refractivity contribution in [2.24, 2.45) is 0 Å². The van der Waals surface area contributed by atoms with Gasteiger partial charge in [-0.05, 0) is 50.9 Å². The number of aliphatic hydroxyl groups excluding tert-OH is 1. The summed E-state index contributed by atoms with van der Waals surface area (Å²) < 4.78 is 5.82. The Labute approximate surface area is 128 Å². The van der Waals surface area contributed by atoms with E-state index in [4.69, 9.17) is 4.74 Å². The van der Waals surface area contributed by atoms with Crippen LogP contribution in [0, 0.1) is 6.92 Å². The molecule has 3 heteroatoms. The smallest absolute Gasteiger partial charge is 0.122 e. The largest absolute Gasteiger partial charge is 0.491 e. The molecule has 0 aromatic heterocycles. The topological polar surface area (TPSA) is 32.7 Å². The molecule has 1 aliphatic heterocycles. The third-order valence-corrected chi connectivity index (χ3v) is 3.93. The molecule has 116 valence electrons. The van der Waals surface area contributed by atoms with Crippen LogP contribution >= 0.6 is 0 Å². The van der Waals surface area contributed by atoms with Gasteiger partial charge in [-0.25, -0.2) is 0 Å². The minimum atomic E-state index is -0.430. The predicted octanol–water partition coefficient (Wildman–Crippen LogP) is 2.95. The van der Waals surface area contributed by atoms with Gasteiger partial charge in [0, 0.05) is 6.54 Å². The third kappa shape index (κ3) is 5.18. The van der Waals surface area contributed by atoms with Crippen molar-refractivity contribution in [3.63, 3.8) is 0 Å². The monoisotopic (exact) mass is 289 g/mol. The molecule has 1 aliphatic rings. The van der Waals surface area contributed by atoms with Crippen molar-refractivity contribution in [2.45, 2.75) is 38.7 Å². The number of allylic oxidation sites excluding steroid dienone is 1. The van der Waals surface area contributed by atoms with E-state index in [1.165, 1.54) is 24.8 Å². The van der Waals surface area contributed by atoms with E-state index < -0.39 is 6.10 Å². The first kappa shape index (κ1) is 16.1. The molecule has 1 saturated heterocycles. The summed E-state index contributed by atoms with van der Waals surface area (Å²) in [6.45, 7) is 9.12. The highest BCUT2D eigenvalue weighted by Gasteiger charge is 2.15. The number of aliphatic hydroxyl groups is 1. The van der Waals surface area contributed by atoms with Crippen LogP contribution in [-0.2, 0) is 6.42 Å². The number of nitrogens with zero attached hydrogens (tertiary/aromatic N) is 1. The van der Waals surface area contributed by atoms with Gasteiger partial charge in [-0.1, -0.05) is 30.2 Å². The van der Waals surface area contributed by atoms with Crippen LogP contribution in [0.1, 0.15) is 30.4 Å². The van der Waals surface area contributed by atoms with Gasteiger partial charge in [-0.3, -0.25) is 0 Å². The maximum absolute atomic E-state index is 10.2. The average molecular weight is 289 g/mol. The Balaban J connectivity index is 1.85. The summed E-state index contributed by atoms with van der Waals surface area (Å²) in [5.41, 5.74) is 2.35. The number of hydrogen-bond acceptors (Lipinski definition) is 3. The molecule has 1 aromatic rings. The van der Waals surface area contributed by atoms with Gasteiger partial charge in [-0.2, -0.15) is 0 Å². The van der Waals surface area contributed by atoms with Crippen LogP contribution < -0.4 is 4.74 Å².